The first kappa shape index (κ1) is 20.4. The first-order valence-corrected chi connectivity index (χ1v) is 10.2. The van der Waals surface area contributed by atoms with Crippen molar-refractivity contribution in [1.29, 1.82) is 0 Å². The maximum absolute atomic E-state index is 12.8. The Morgan fingerprint density at radius 2 is 1.81 bits per heavy atom. The first-order valence-electron chi connectivity index (χ1n) is 8.35. The molecule has 0 saturated carbocycles. The van der Waals surface area contributed by atoms with Gasteiger partial charge >= 0.3 is 0 Å². The number of carbonyl (C=O) groups excluding carboxylic acids is 1. The monoisotopic (exact) mass is 394 g/mol. The maximum Gasteiger partial charge on any atom is 0.253 e. The summed E-state index contributed by atoms with van der Waals surface area (Å²) in [5.74, 6) is -0.395. The van der Waals surface area contributed by atoms with Crippen molar-refractivity contribution in [1.82, 2.24) is 9.62 Å². The Labute approximate surface area is 160 Å². The van der Waals surface area contributed by atoms with Crippen LogP contribution in [0.25, 0.3) is 0 Å². The minimum atomic E-state index is -3.65. The van der Waals surface area contributed by atoms with E-state index in [2.05, 4.69) is 5.32 Å². The lowest BCUT2D eigenvalue weighted by Crippen LogP contribution is -2.29. The average Bonchev–Trinajstić information content (AvgIpc) is 2.62. The minimum Gasteiger partial charge on any atom is -0.345 e. The summed E-state index contributed by atoms with van der Waals surface area (Å²) in [6.45, 7) is 2.04. The van der Waals surface area contributed by atoms with Crippen LogP contribution < -0.4 is 5.32 Å². The average molecular weight is 395 g/mol. The van der Waals surface area contributed by atoms with Crippen LogP contribution in [0.15, 0.2) is 53.4 Å². The Bertz CT molecular complexity index is 868. The second kappa shape index (κ2) is 8.66. The smallest absolute Gasteiger partial charge is 0.253 e. The predicted molar refractivity (Wildman–Crippen MR) is 104 cm³/mol. The van der Waals surface area contributed by atoms with E-state index in [1.54, 1.807) is 0 Å². The summed E-state index contributed by atoms with van der Waals surface area (Å²) in [5.41, 5.74) is 1.14. The molecule has 0 unspecified atom stereocenters. The Morgan fingerprint density at radius 3 is 2.38 bits per heavy atom. The van der Waals surface area contributed by atoms with E-state index >= 15 is 0 Å². The largest absolute Gasteiger partial charge is 0.345 e. The molecule has 7 heteroatoms. The summed E-state index contributed by atoms with van der Waals surface area (Å²) in [6.07, 6.45) is 1.66. The molecule has 1 N–H and O–H groups in total. The number of rotatable bonds is 7. The van der Waals surface area contributed by atoms with Gasteiger partial charge in [-0.1, -0.05) is 55.3 Å². The zero-order valence-electron chi connectivity index (χ0n) is 15.1. The second-order valence-corrected chi connectivity index (χ2v) is 8.71. The molecule has 0 aliphatic carbocycles. The van der Waals surface area contributed by atoms with Gasteiger partial charge < -0.3 is 5.32 Å². The number of amides is 1. The van der Waals surface area contributed by atoms with Gasteiger partial charge in [-0.05, 0) is 30.2 Å². The fourth-order valence-electron chi connectivity index (χ4n) is 2.58. The van der Waals surface area contributed by atoms with E-state index in [0.29, 0.717) is 0 Å². The molecule has 0 spiro atoms. The van der Waals surface area contributed by atoms with E-state index in [9.17, 15) is 13.2 Å². The Hall–Kier alpha value is -1.89. The molecular weight excluding hydrogens is 372 g/mol. The van der Waals surface area contributed by atoms with E-state index in [-0.39, 0.29) is 21.5 Å². The molecule has 2 rings (SSSR count). The van der Waals surface area contributed by atoms with E-state index in [1.165, 1.54) is 32.3 Å². The van der Waals surface area contributed by atoms with Crippen LogP contribution in [-0.2, 0) is 10.0 Å². The Morgan fingerprint density at radius 1 is 1.15 bits per heavy atom. The molecule has 26 heavy (non-hydrogen) atoms. The van der Waals surface area contributed by atoms with Crippen LogP contribution in [-0.4, -0.2) is 32.7 Å². The van der Waals surface area contributed by atoms with Crippen molar-refractivity contribution in [3.8, 4) is 0 Å². The molecule has 0 aromatic heterocycles. The van der Waals surface area contributed by atoms with Gasteiger partial charge in [-0.3, -0.25) is 4.79 Å². The molecule has 1 amide bonds. The summed E-state index contributed by atoms with van der Waals surface area (Å²) in [7, 11) is -0.764. The van der Waals surface area contributed by atoms with E-state index < -0.39 is 15.9 Å². The van der Waals surface area contributed by atoms with Crippen molar-refractivity contribution in [2.24, 2.45) is 0 Å². The van der Waals surface area contributed by atoms with Crippen molar-refractivity contribution in [3.05, 3.63) is 64.7 Å². The molecule has 0 aliphatic rings. The number of sulfonamides is 1. The van der Waals surface area contributed by atoms with Crippen molar-refractivity contribution >= 4 is 27.5 Å². The number of nitrogens with zero attached hydrogens (tertiary/aromatic N) is 1. The molecule has 0 saturated heterocycles. The number of hydrogen-bond donors (Lipinski definition) is 1. The highest BCUT2D eigenvalue weighted by Crippen LogP contribution is 2.24. The van der Waals surface area contributed by atoms with Crippen LogP contribution in [0.1, 0.15) is 41.7 Å². The quantitative estimate of drug-likeness (QED) is 0.775. The number of carbonyl (C=O) groups is 1. The predicted octanol–water partition coefficient (Wildman–Crippen LogP) is 3.86. The maximum atomic E-state index is 12.8. The third-order valence-electron chi connectivity index (χ3n) is 4.05. The lowest BCUT2D eigenvalue weighted by molar-refractivity contribution is 0.0934. The first-order chi connectivity index (χ1) is 12.3. The highest BCUT2D eigenvalue weighted by atomic mass is 35.5. The van der Waals surface area contributed by atoms with Crippen molar-refractivity contribution < 1.29 is 13.2 Å². The standard InChI is InChI=1S/C19H23ClN2O3S/c1-4-8-18(14-9-6-5-7-10-14)21-19(23)16-13-15(11-12-17(16)20)26(24,25)22(2)3/h5-7,9-13,18H,4,8H2,1-3H3,(H,21,23)/t18-/m0/s1. The van der Waals surface area contributed by atoms with Crippen LogP contribution in [0, 0.1) is 0 Å². The Kier molecular flexibility index (Phi) is 6.81. The SMILES string of the molecule is CCC[C@H](NC(=O)c1cc(S(=O)(=O)N(C)C)ccc1Cl)c1ccccc1. The number of hydrogen-bond acceptors (Lipinski definition) is 3. The van der Waals surface area contributed by atoms with Crippen molar-refractivity contribution in [2.75, 3.05) is 14.1 Å². The zero-order valence-corrected chi connectivity index (χ0v) is 16.6. The van der Waals surface area contributed by atoms with Gasteiger partial charge in [0.1, 0.15) is 0 Å². The molecule has 0 fully saturated rings. The highest BCUT2D eigenvalue weighted by Gasteiger charge is 2.22. The molecule has 2 aromatic rings. The number of benzene rings is 2. The minimum absolute atomic E-state index is 0.0313. The molecule has 0 aliphatic heterocycles. The van der Waals surface area contributed by atoms with Gasteiger partial charge in [-0.2, -0.15) is 0 Å². The summed E-state index contributed by atoms with van der Waals surface area (Å²) >= 11 is 6.16. The van der Waals surface area contributed by atoms with E-state index in [1.807, 2.05) is 37.3 Å². The van der Waals surface area contributed by atoms with Crippen LogP contribution in [0.3, 0.4) is 0 Å². The number of halogens is 1. The van der Waals surface area contributed by atoms with E-state index in [0.717, 1.165) is 22.7 Å². The normalized spacial score (nSPS) is 12.8. The lowest BCUT2D eigenvalue weighted by atomic mass is 10.0. The van der Waals surface area contributed by atoms with Crippen LogP contribution in [0.2, 0.25) is 5.02 Å². The van der Waals surface area contributed by atoms with Gasteiger partial charge in [-0.15, -0.1) is 0 Å². The third kappa shape index (κ3) is 4.63. The lowest BCUT2D eigenvalue weighted by Gasteiger charge is -2.19. The molecule has 1 atom stereocenters. The van der Waals surface area contributed by atoms with Gasteiger partial charge in [0.15, 0.2) is 0 Å². The third-order valence-corrected chi connectivity index (χ3v) is 6.19. The van der Waals surface area contributed by atoms with Crippen LogP contribution in [0.4, 0.5) is 0 Å². The van der Waals surface area contributed by atoms with Crippen LogP contribution in [0.5, 0.6) is 0 Å². The summed E-state index contributed by atoms with van der Waals surface area (Å²) in [4.78, 5) is 12.8. The second-order valence-electron chi connectivity index (χ2n) is 6.15. The van der Waals surface area contributed by atoms with Gasteiger partial charge in [0.05, 0.1) is 21.5 Å². The molecule has 2 aromatic carbocycles. The van der Waals surface area contributed by atoms with Gasteiger partial charge in [0, 0.05) is 14.1 Å². The molecule has 140 valence electrons. The van der Waals surface area contributed by atoms with E-state index in [4.69, 9.17) is 11.6 Å². The zero-order chi connectivity index (χ0) is 19.3. The highest BCUT2D eigenvalue weighted by molar-refractivity contribution is 7.89. The summed E-state index contributed by atoms with van der Waals surface area (Å²) < 4.78 is 25.7. The number of nitrogens with one attached hydrogen (secondary N) is 1. The fourth-order valence-corrected chi connectivity index (χ4v) is 3.71. The molecule has 0 radical (unpaired) electrons. The topological polar surface area (TPSA) is 66.5 Å². The molecule has 0 bridgehead atoms. The van der Waals surface area contributed by atoms with Gasteiger partial charge in [0.2, 0.25) is 10.0 Å². The molecule has 0 heterocycles. The van der Waals surface area contributed by atoms with Gasteiger partial charge in [-0.25, -0.2) is 12.7 Å². The fraction of sp³-hybridized carbons (Fsp3) is 0.316. The van der Waals surface area contributed by atoms with Gasteiger partial charge in [0.25, 0.3) is 5.91 Å². The molecular formula is C19H23ClN2O3S. The van der Waals surface area contributed by atoms with Crippen molar-refractivity contribution in [3.63, 3.8) is 0 Å². The summed E-state index contributed by atoms with van der Waals surface area (Å²) in [5, 5.41) is 3.18. The molecule has 5 nitrogen and oxygen atoms in total. The summed E-state index contributed by atoms with van der Waals surface area (Å²) in [6, 6.07) is 13.6. The van der Waals surface area contributed by atoms with Crippen LogP contribution >= 0.6 is 11.6 Å². The Balaban J connectivity index is 2.34. The van der Waals surface area contributed by atoms with Crippen molar-refractivity contribution in [2.45, 2.75) is 30.7 Å².